The molecular weight excluding hydrogens is 303 g/mol. The molecule has 0 aliphatic rings. The van der Waals surface area contributed by atoms with Crippen molar-refractivity contribution in [2.24, 2.45) is 0 Å². The molecule has 0 spiro atoms. The van der Waals surface area contributed by atoms with Gasteiger partial charge in [-0.1, -0.05) is 6.07 Å². The fraction of sp³-hybridized carbons (Fsp3) is 0.0769. The van der Waals surface area contributed by atoms with Crippen LogP contribution in [0.4, 0.5) is 14.9 Å². The van der Waals surface area contributed by atoms with Gasteiger partial charge in [-0.15, -0.1) is 0 Å². The van der Waals surface area contributed by atoms with Crippen LogP contribution >= 0.6 is 11.6 Å². The van der Waals surface area contributed by atoms with Crippen molar-refractivity contribution in [3.8, 4) is 0 Å². The molecule has 1 atom stereocenters. The van der Waals surface area contributed by atoms with E-state index in [0.29, 0.717) is 4.73 Å². The second-order valence-corrected chi connectivity index (χ2v) is 4.56. The molecule has 0 radical (unpaired) electrons. The van der Waals surface area contributed by atoms with Gasteiger partial charge in [-0.3, -0.25) is 5.32 Å². The van der Waals surface area contributed by atoms with Gasteiger partial charge in [0.25, 0.3) is 5.15 Å². The lowest BCUT2D eigenvalue weighted by molar-refractivity contribution is -0.603. The Labute approximate surface area is 123 Å². The molecule has 3 N–H and O–H groups in total. The van der Waals surface area contributed by atoms with Crippen LogP contribution in [-0.2, 0) is 0 Å². The van der Waals surface area contributed by atoms with Crippen LogP contribution in [0.25, 0.3) is 0 Å². The first kappa shape index (κ1) is 15.0. The van der Waals surface area contributed by atoms with Crippen molar-refractivity contribution in [3.05, 3.63) is 63.8 Å². The van der Waals surface area contributed by atoms with Crippen molar-refractivity contribution in [3.63, 3.8) is 0 Å². The number of amides is 1. The van der Waals surface area contributed by atoms with Crippen molar-refractivity contribution in [1.82, 2.24) is 0 Å². The Morgan fingerprint density at radius 1 is 1.38 bits per heavy atom. The smallest absolute Gasteiger partial charge is 0.409 e. The van der Waals surface area contributed by atoms with Crippen LogP contribution in [0.1, 0.15) is 17.2 Å². The molecule has 0 saturated carbocycles. The van der Waals surface area contributed by atoms with E-state index in [9.17, 15) is 19.5 Å². The SMILES string of the molecule is O=C(O)Nc1ccc(C(O)c2cc[n+]([O-])c(Cl)c2)c(F)c1. The molecule has 2 rings (SSSR count). The number of nitrogens with one attached hydrogen (secondary N) is 1. The standard InChI is InChI=1S/C13H10ClFN2O4/c14-11-5-7(3-4-17(11)21)12(18)9-2-1-8(6-10(9)15)16-13(19)20/h1-6,12,16,18H,(H,19,20). The Morgan fingerprint density at radius 3 is 2.67 bits per heavy atom. The summed E-state index contributed by atoms with van der Waals surface area (Å²) in [7, 11) is 0. The number of pyridine rings is 1. The zero-order valence-corrected chi connectivity index (χ0v) is 11.2. The lowest BCUT2D eigenvalue weighted by Gasteiger charge is -2.13. The van der Waals surface area contributed by atoms with Crippen molar-refractivity contribution < 1.29 is 24.1 Å². The first-order valence-electron chi connectivity index (χ1n) is 5.74. The molecule has 110 valence electrons. The Kier molecular flexibility index (Phi) is 4.25. The topological polar surface area (TPSA) is 96.5 Å². The average molecular weight is 313 g/mol. The van der Waals surface area contributed by atoms with Gasteiger partial charge in [0.15, 0.2) is 6.20 Å². The number of nitrogens with zero attached hydrogens (tertiary/aromatic N) is 1. The van der Waals surface area contributed by atoms with Crippen LogP contribution in [-0.4, -0.2) is 16.3 Å². The monoisotopic (exact) mass is 312 g/mol. The summed E-state index contributed by atoms with van der Waals surface area (Å²) < 4.78 is 14.3. The molecule has 1 aromatic heterocycles. The Bertz CT molecular complexity index is 696. The maximum atomic E-state index is 13.9. The Balaban J connectivity index is 2.32. The van der Waals surface area contributed by atoms with E-state index in [4.69, 9.17) is 16.7 Å². The quantitative estimate of drug-likeness (QED) is 0.460. The number of aliphatic hydroxyl groups excluding tert-OH is 1. The highest BCUT2D eigenvalue weighted by atomic mass is 35.5. The number of carbonyl (C=O) groups is 1. The number of hydrogen-bond donors (Lipinski definition) is 3. The minimum Gasteiger partial charge on any atom is -0.618 e. The lowest BCUT2D eigenvalue weighted by atomic mass is 10.0. The summed E-state index contributed by atoms with van der Waals surface area (Å²) in [6.07, 6.45) is -1.56. The van der Waals surface area contributed by atoms with E-state index in [0.717, 1.165) is 12.3 Å². The van der Waals surface area contributed by atoms with E-state index in [1.807, 2.05) is 5.32 Å². The van der Waals surface area contributed by atoms with Gasteiger partial charge in [0.2, 0.25) is 0 Å². The fourth-order valence-electron chi connectivity index (χ4n) is 1.77. The molecule has 0 fully saturated rings. The number of aliphatic hydroxyl groups is 1. The highest BCUT2D eigenvalue weighted by Crippen LogP contribution is 2.26. The predicted molar refractivity (Wildman–Crippen MR) is 72.5 cm³/mol. The van der Waals surface area contributed by atoms with Gasteiger partial charge in [-0.25, -0.2) is 9.18 Å². The third kappa shape index (κ3) is 3.39. The molecule has 0 aliphatic carbocycles. The van der Waals surface area contributed by atoms with E-state index < -0.39 is 18.0 Å². The fourth-order valence-corrected chi connectivity index (χ4v) is 1.96. The van der Waals surface area contributed by atoms with Crippen LogP contribution in [0.15, 0.2) is 36.5 Å². The molecule has 1 heterocycles. The van der Waals surface area contributed by atoms with Crippen LogP contribution in [0.3, 0.4) is 0 Å². The molecule has 0 aliphatic heterocycles. The van der Waals surface area contributed by atoms with Crippen molar-refractivity contribution in [1.29, 1.82) is 0 Å². The number of benzene rings is 1. The number of anilines is 1. The van der Waals surface area contributed by atoms with E-state index >= 15 is 0 Å². The summed E-state index contributed by atoms with van der Waals surface area (Å²) in [5.41, 5.74) is 0.218. The molecule has 0 bridgehead atoms. The summed E-state index contributed by atoms with van der Waals surface area (Å²) in [4.78, 5) is 10.5. The highest BCUT2D eigenvalue weighted by molar-refractivity contribution is 6.28. The normalized spacial score (nSPS) is 12.0. The van der Waals surface area contributed by atoms with Crippen molar-refractivity contribution >= 4 is 23.4 Å². The molecule has 2 aromatic rings. The first-order chi connectivity index (χ1) is 9.88. The van der Waals surface area contributed by atoms with Gasteiger partial charge in [0.05, 0.1) is 0 Å². The Hall–Kier alpha value is -2.38. The van der Waals surface area contributed by atoms with Gasteiger partial charge < -0.3 is 15.4 Å². The number of rotatable bonds is 3. The molecule has 21 heavy (non-hydrogen) atoms. The molecule has 8 heteroatoms. The second-order valence-electron chi connectivity index (χ2n) is 4.18. The largest absolute Gasteiger partial charge is 0.618 e. The molecule has 1 unspecified atom stereocenters. The number of carboxylic acid groups (broad SMARTS) is 1. The van der Waals surface area contributed by atoms with E-state index in [1.165, 1.54) is 24.3 Å². The summed E-state index contributed by atoms with van der Waals surface area (Å²) in [5.74, 6) is -0.788. The van der Waals surface area contributed by atoms with Crippen molar-refractivity contribution in [2.45, 2.75) is 6.10 Å². The third-order valence-electron chi connectivity index (χ3n) is 2.76. The zero-order valence-electron chi connectivity index (χ0n) is 10.5. The summed E-state index contributed by atoms with van der Waals surface area (Å²) in [6, 6.07) is 6.05. The zero-order chi connectivity index (χ0) is 15.6. The third-order valence-corrected chi connectivity index (χ3v) is 3.04. The summed E-state index contributed by atoms with van der Waals surface area (Å²) in [5, 5.41) is 31.6. The molecular formula is C13H10ClFN2O4. The second kappa shape index (κ2) is 5.94. The summed E-state index contributed by atoms with van der Waals surface area (Å²) in [6.45, 7) is 0. The van der Waals surface area contributed by atoms with Gasteiger partial charge in [-0.05, 0) is 29.3 Å². The molecule has 0 saturated heterocycles. The predicted octanol–water partition coefficient (Wildman–Crippen LogP) is 2.28. The highest BCUT2D eigenvalue weighted by Gasteiger charge is 2.18. The number of aromatic nitrogens is 1. The van der Waals surface area contributed by atoms with E-state index in [2.05, 4.69) is 0 Å². The van der Waals surface area contributed by atoms with Gasteiger partial charge in [0.1, 0.15) is 11.9 Å². The van der Waals surface area contributed by atoms with Gasteiger partial charge in [0, 0.05) is 23.4 Å². The minimum absolute atomic E-state index is 0.0412. The minimum atomic E-state index is -1.33. The summed E-state index contributed by atoms with van der Waals surface area (Å²) >= 11 is 5.64. The molecule has 1 aromatic carbocycles. The number of halogens is 2. The first-order valence-corrected chi connectivity index (χ1v) is 6.12. The van der Waals surface area contributed by atoms with Crippen LogP contribution in [0.2, 0.25) is 5.15 Å². The lowest BCUT2D eigenvalue weighted by Crippen LogP contribution is -2.26. The van der Waals surface area contributed by atoms with E-state index in [1.54, 1.807) is 0 Å². The molecule has 6 nitrogen and oxygen atoms in total. The number of hydrogen-bond acceptors (Lipinski definition) is 3. The van der Waals surface area contributed by atoms with E-state index in [-0.39, 0.29) is 22.0 Å². The Morgan fingerprint density at radius 2 is 2.10 bits per heavy atom. The van der Waals surface area contributed by atoms with Crippen LogP contribution in [0, 0.1) is 11.0 Å². The van der Waals surface area contributed by atoms with Crippen LogP contribution < -0.4 is 10.0 Å². The maximum absolute atomic E-state index is 13.9. The maximum Gasteiger partial charge on any atom is 0.409 e. The van der Waals surface area contributed by atoms with Crippen molar-refractivity contribution in [2.75, 3.05) is 5.32 Å². The molecule has 1 amide bonds. The average Bonchev–Trinajstić information content (AvgIpc) is 2.40. The van der Waals surface area contributed by atoms with Crippen LogP contribution in [0.5, 0.6) is 0 Å². The van der Waals surface area contributed by atoms with Gasteiger partial charge >= 0.3 is 6.09 Å². The van der Waals surface area contributed by atoms with Gasteiger partial charge in [-0.2, -0.15) is 4.73 Å².